The van der Waals surface area contributed by atoms with Crippen molar-refractivity contribution in [2.75, 3.05) is 0 Å². The molecule has 0 aromatic carbocycles. The van der Waals surface area contributed by atoms with Crippen LogP contribution < -0.4 is 0 Å². The average molecular weight is 689 g/mol. The number of aliphatic hydroxyl groups excluding tert-OH is 1. The number of carbonyl (C=O) groups is 1. The van der Waals surface area contributed by atoms with Gasteiger partial charge in [-0.05, 0) is 143 Å². The zero-order chi connectivity index (χ0) is 36.0. The lowest BCUT2D eigenvalue weighted by Crippen LogP contribution is -2.51. The molecule has 0 amide bonds. The van der Waals surface area contributed by atoms with E-state index in [1.54, 1.807) is 5.57 Å². The second-order valence-corrected chi connectivity index (χ2v) is 17.8. The van der Waals surface area contributed by atoms with E-state index >= 15 is 0 Å². The highest BCUT2D eigenvalue weighted by Crippen LogP contribution is 2.67. The summed E-state index contributed by atoms with van der Waals surface area (Å²) in [7, 11) is 0. The number of carbonyl (C=O) groups excluding carboxylic acids is 1. The molecule has 0 unspecified atom stereocenters. The minimum Gasteiger partial charge on any atom is -0.462 e. The van der Waals surface area contributed by atoms with Crippen molar-refractivity contribution >= 4 is 5.97 Å². The van der Waals surface area contributed by atoms with E-state index in [-0.39, 0.29) is 18.2 Å². The third-order valence-corrected chi connectivity index (χ3v) is 13.9. The predicted octanol–water partition coefficient (Wildman–Crippen LogP) is 13.1. The Morgan fingerprint density at radius 2 is 1.52 bits per heavy atom. The summed E-state index contributed by atoms with van der Waals surface area (Å²) in [5.74, 6) is 5.16. The number of esters is 1. The quantitative estimate of drug-likeness (QED) is 0.0787. The number of unbranched alkanes of at least 4 members (excludes halogenated alkanes) is 1. The van der Waals surface area contributed by atoms with Crippen LogP contribution in [0.5, 0.6) is 0 Å². The first-order valence-corrected chi connectivity index (χ1v) is 21.3. The molecule has 0 saturated heterocycles. The minimum atomic E-state index is -0.162. The van der Waals surface area contributed by atoms with Crippen molar-refractivity contribution < 1.29 is 14.6 Å². The molecule has 0 spiro atoms. The van der Waals surface area contributed by atoms with Crippen LogP contribution in [0.25, 0.3) is 0 Å². The molecule has 50 heavy (non-hydrogen) atoms. The van der Waals surface area contributed by atoms with E-state index in [1.807, 2.05) is 6.92 Å². The molecule has 9 atom stereocenters. The summed E-state index contributed by atoms with van der Waals surface area (Å²) in [6, 6.07) is 0. The minimum absolute atomic E-state index is 0.00527. The topological polar surface area (TPSA) is 46.5 Å². The highest BCUT2D eigenvalue weighted by Gasteiger charge is 2.59. The third kappa shape index (κ3) is 11.3. The number of fused-ring (bicyclic) bond motifs is 5. The van der Waals surface area contributed by atoms with E-state index in [1.165, 1.54) is 57.8 Å². The maximum absolute atomic E-state index is 12.8. The third-order valence-electron chi connectivity index (χ3n) is 13.9. The first kappa shape index (κ1) is 40.9. The summed E-state index contributed by atoms with van der Waals surface area (Å²) in [6.07, 6.45) is 42.3. The van der Waals surface area contributed by atoms with E-state index < -0.39 is 0 Å². The van der Waals surface area contributed by atoms with Crippen molar-refractivity contribution in [3.05, 3.63) is 60.3 Å². The molecule has 282 valence electrons. The van der Waals surface area contributed by atoms with E-state index in [9.17, 15) is 9.90 Å². The fraction of sp³-hybridized carbons (Fsp3) is 0.766. The summed E-state index contributed by atoms with van der Waals surface area (Å²) in [4.78, 5) is 12.8. The van der Waals surface area contributed by atoms with Gasteiger partial charge in [0.05, 0.1) is 6.10 Å². The highest BCUT2D eigenvalue weighted by molar-refractivity contribution is 5.69. The average Bonchev–Trinajstić information content (AvgIpc) is 3.45. The Morgan fingerprint density at radius 3 is 2.20 bits per heavy atom. The van der Waals surface area contributed by atoms with Crippen LogP contribution >= 0.6 is 0 Å². The smallest absolute Gasteiger partial charge is 0.306 e. The molecule has 0 heterocycles. The van der Waals surface area contributed by atoms with Gasteiger partial charge in [-0.3, -0.25) is 4.79 Å². The lowest BCUT2D eigenvalue weighted by Gasteiger charge is -2.58. The molecule has 4 rings (SSSR count). The number of rotatable bonds is 20. The highest BCUT2D eigenvalue weighted by atomic mass is 16.5. The monoisotopic (exact) mass is 689 g/mol. The van der Waals surface area contributed by atoms with Crippen molar-refractivity contribution in [1.82, 2.24) is 0 Å². The molecule has 3 heteroatoms. The second kappa shape index (κ2) is 20.4. The van der Waals surface area contributed by atoms with Gasteiger partial charge in [0.15, 0.2) is 0 Å². The van der Waals surface area contributed by atoms with Crippen LogP contribution in [0.1, 0.15) is 170 Å². The number of hydrogen-bond donors (Lipinski definition) is 1. The van der Waals surface area contributed by atoms with Crippen LogP contribution in [0.3, 0.4) is 0 Å². The van der Waals surface area contributed by atoms with Gasteiger partial charge in [0, 0.05) is 12.8 Å². The van der Waals surface area contributed by atoms with Gasteiger partial charge in [0.2, 0.25) is 0 Å². The van der Waals surface area contributed by atoms with Gasteiger partial charge in [-0.2, -0.15) is 0 Å². The Balaban J connectivity index is 1.12. The number of ether oxygens (including phenoxy) is 1. The number of hydrogen-bond acceptors (Lipinski definition) is 3. The van der Waals surface area contributed by atoms with E-state index in [2.05, 4.69) is 89.3 Å². The molecule has 0 aromatic heterocycles. The zero-order valence-electron chi connectivity index (χ0n) is 33.2. The summed E-state index contributed by atoms with van der Waals surface area (Å²) >= 11 is 0. The Hall–Kier alpha value is -1.87. The van der Waals surface area contributed by atoms with Crippen LogP contribution in [-0.2, 0) is 9.53 Å². The van der Waals surface area contributed by atoms with Gasteiger partial charge in [0.1, 0.15) is 6.10 Å². The molecule has 0 aromatic rings. The second-order valence-electron chi connectivity index (χ2n) is 17.8. The normalized spacial score (nSPS) is 32.5. The first-order chi connectivity index (χ1) is 24.1. The Morgan fingerprint density at radius 1 is 0.840 bits per heavy atom. The molecule has 4 aliphatic carbocycles. The molecule has 0 aliphatic heterocycles. The molecule has 0 bridgehead atoms. The lowest BCUT2D eigenvalue weighted by molar-refractivity contribution is -0.151. The molecule has 3 fully saturated rings. The summed E-state index contributed by atoms with van der Waals surface area (Å²) in [6.45, 7) is 14.6. The van der Waals surface area contributed by atoms with E-state index in [0.717, 1.165) is 99.7 Å². The van der Waals surface area contributed by atoms with Crippen molar-refractivity contribution in [3.8, 4) is 0 Å². The van der Waals surface area contributed by atoms with Gasteiger partial charge < -0.3 is 9.84 Å². The predicted molar refractivity (Wildman–Crippen MR) is 213 cm³/mol. The van der Waals surface area contributed by atoms with Crippen LogP contribution in [0.15, 0.2) is 60.3 Å². The van der Waals surface area contributed by atoms with Gasteiger partial charge >= 0.3 is 5.97 Å². The fourth-order valence-electron chi connectivity index (χ4n) is 10.9. The Kier molecular flexibility index (Phi) is 16.7. The first-order valence-electron chi connectivity index (χ1n) is 21.3. The van der Waals surface area contributed by atoms with E-state index in [4.69, 9.17) is 4.74 Å². The van der Waals surface area contributed by atoms with Gasteiger partial charge in [0.25, 0.3) is 0 Å². The molecule has 4 aliphatic rings. The van der Waals surface area contributed by atoms with Gasteiger partial charge in [-0.25, -0.2) is 0 Å². The maximum atomic E-state index is 12.8. The van der Waals surface area contributed by atoms with E-state index in [0.29, 0.717) is 17.3 Å². The summed E-state index contributed by atoms with van der Waals surface area (Å²) in [5, 5.41) is 9.58. The van der Waals surface area contributed by atoms with Gasteiger partial charge in [-0.1, -0.05) is 121 Å². The maximum Gasteiger partial charge on any atom is 0.306 e. The van der Waals surface area contributed by atoms with Crippen LogP contribution in [0, 0.1) is 46.3 Å². The molecular formula is C47H76O3. The Bertz CT molecular complexity index is 1170. The number of aliphatic hydroxyl groups is 1. The SMILES string of the molecule is CC[C@H](O)CC/C=C\C/C=C\C/C=C\C/C=C\CCCC(=O)O[C@H]1CC[C@@]2(C)C(=CC[C@H]3[C@@H]4CC[C@H]([C@H](C)CCCC(C)C)[C@@]4(C)CC[C@@H]32)C1. The fourth-order valence-corrected chi connectivity index (χ4v) is 10.9. The summed E-state index contributed by atoms with van der Waals surface area (Å²) in [5.41, 5.74) is 2.46. The van der Waals surface area contributed by atoms with Crippen molar-refractivity contribution in [1.29, 1.82) is 0 Å². The van der Waals surface area contributed by atoms with Crippen LogP contribution in [-0.4, -0.2) is 23.3 Å². The summed E-state index contributed by atoms with van der Waals surface area (Å²) < 4.78 is 6.09. The van der Waals surface area contributed by atoms with Crippen molar-refractivity contribution in [3.63, 3.8) is 0 Å². The van der Waals surface area contributed by atoms with Crippen molar-refractivity contribution in [2.45, 2.75) is 182 Å². The molecule has 3 nitrogen and oxygen atoms in total. The molecule has 3 saturated carbocycles. The molecule has 1 N–H and O–H groups in total. The largest absolute Gasteiger partial charge is 0.462 e. The zero-order valence-corrected chi connectivity index (χ0v) is 33.2. The Labute approximate surface area is 308 Å². The number of allylic oxidation sites excluding steroid dienone is 9. The molecular weight excluding hydrogens is 613 g/mol. The van der Waals surface area contributed by atoms with Crippen LogP contribution in [0.2, 0.25) is 0 Å². The standard InChI is InChI=1S/C47H76O3/c1-7-39(48)25-20-18-16-14-12-10-8-9-11-13-15-17-19-21-26-45(49)50-40-31-33-46(5)38(35-40)27-28-41-43-30-29-42(37(4)24-22-23-36(2)3)47(43,6)34-32-44(41)46/h9-12,15-18,27,36-37,39-44,48H,7-8,13-14,19-26,28-35H2,1-6H3/b11-9-,12-10-,17-15-,18-16-/t37-,39+,40+,41+,42-,43+,44+,46+,47-/m1/s1. The molecule has 0 radical (unpaired) electrons. The van der Waals surface area contributed by atoms with Crippen molar-refractivity contribution in [2.24, 2.45) is 46.3 Å². The lowest BCUT2D eigenvalue weighted by atomic mass is 9.47. The van der Waals surface area contributed by atoms with Crippen LogP contribution in [0.4, 0.5) is 0 Å². The van der Waals surface area contributed by atoms with Gasteiger partial charge in [-0.15, -0.1) is 0 Å².